The zero-order valence-electron chi connectivity index (χ0n) is 20.8. The van der Waals surface area contributed by atoms with Crippen LogP contribution in [0.5, 0.6) is 0 Å². The summed E-state index contributed by atoms with van der Waals surface area (Å²) in [6.07, 6.45) is 3.28. The van der Waals surface area contributed by atoms with Crippen molar-refractivity contribution in [2.75, 3.05) is 36.0 Å². The minimum Gasteiger partial charge on any atom is -0.467 e. The molecule has 2 saturated heterocycles. The van der Waals surface area contributed by atoms with Crippen molar-refractivity contribution in [3.05, 3.63) is 86.2 Å². The Hall–Kier alpha value is -3.88. The number of aromatic nitrogens is 1. The van der Waals surface area contributed by atoms with Gasteiger partial charge in [-0.1, -0.05) is 24.0 Å². The Morgan fingerprint density at radius 1 is 1.13 bits per heavy atom. The van der Waals surface area contributed by atoms with Crippen molar-refractivity contribution in [1.82, 2.24) is 9.47 Å². The number of pyridine rings is 1. The fourth-order valence-corrected chi connectivity index (χ4v) is 5.99. The summed E-state index contributed by atoms with van der Waals surface area (Å²) in [6.45, 7) is 4.45. The van der Waals surface area contributed by atoms with Crippen LogP contribution in [0.15, 0.2) is 56.8 Å². The second-order valence-electron chi connectivity index (χ2n) is 9.01. The summed E-state index contributed by atoms with van der Waals surface area (Å²) in [4.78, 5) is 32.5. The first-order chi connectivity index (χ1) is 18.3. The highest BCUT2D eigenvalue weighted by molar-refractivity contribution is 8.26. The topological polar surface area (TPSA) is 85.7 Å². The second-order valence-corrected chi connectivity index (χ2v) is 10.7. The van der Waals surface area contributed by atoms with Crippen molar-refractivity contribution in [3.8, 4) is 6.07 Å². The lowest BCUT2D eigenvalue weighted by Crippen LogP contribution is -2.48. The first-order valence-corrected chi connectivity index (χ1v) is 13.2. The Labute approximate surface area is 228 Å². The van der Waals surface area contributed by atoms with Crippen LogP contribution in [0.2, 0.25) is 0 Å². The molecule has 1 aromatic carbocycles. The van der Waals surface area contributed by atoms with Crippen LogP contribution in [0.25, 0.3) is 6.08 Å². The highest BCUT2D eigenvalue weighted by atomic mass is 32.2. The molecule has 1 amide bonds. The van der Waals surface area contributed by atoms with Crippen LogP contribution < -0.4 is 15.4 Å². The number of nitriles is 1. The lowest BCUT2D eigenvalue weighted by atomic mass is 10.0. The molecule has 0 spiro atoms. The summed E-state index contributed by atoms with van der Waals surface area (Å²) in [5.41, 5.74) is 1.73. The zero-order valence-corrected chi connectivity index (χ0v) is 22.4. The number of nitrogens with zero attached hydrogens (tertiary/aromatic N) is 5. The Kier molecular flexibility index (Phi) is 7.10. The first-order valence-electron chi connectivity index (χ1n) is 12.0. The van der Waals surface area contributed by atoms with Gasteiger partial charge in [0, 0.05) is 44.5 Å². The third-order valence-corrected chi connectivity index (χ3v) is 8.16. The van der Waals surface area contributed by atoms with Gasteiger partial charge in [0.25, 0.3) is 11.5 Å². The Morgan fingerprint density at radius 3 is 2.45 bits per heavy atom. The van der Waals surface area contributed by atoms with Crippen molar-refractivity contribution in [1.29, 1.82) is 5.26 Å². The molecule has 8 nitrogen and oxygen atoms in total. The molecule has 0 saturated carbocycles. The van der Waals surface area contributed by atoms with Crippen LogP contribution in [0.1, 0.15) is 22.5 Å². The predicted molar refractivity (Wildman–Crippen MR) is 149 cm³/mol. The molecule has 194 valence electrons. The molecule has 0 atom stereocenters. The number of piperazine rings is 1. The van der Waals surface area contributed by atoms with Gasteiger partial charge in [-0.3, -0.25) is 19.1 Å². The second kappa shape index (κ2) is 10.5. The highest BCUT2D eigenvalue weighted by Gasteiger charge is 2.34. The van der Waals surface area contributed by atoms with E-state index in [9.17, 15) is 19.2 Å². The highest BCUT2D eigenvalue weighted by Crippen LogP contribution is 2.36. The number of anilines is 2. The summed E-state index contributed by atoms with van der Waals surface area (Å²) in [6, 6.07) is 11.9. The van der Waals surface area contributed by atoms with E-state index in [-0.39, 0.29) is 29.4 Å². The number of rotatable bonds is 5. The first kappa shape index (κ1) is 25.8. The molecule has 2 fully saturated rings. The summed E-state index contributed by atoms with van der Waals surface area (Å²) in [5.74, 6) is 0.721. The fraction of sp³-hybridized carbons (Fsp3) is 0.259. The molecule has 2 aromatic heterocycles. The molecule has 4 heterocycles. The number of halogens is 1. The van der Waals surface area contributed by atoms with Crippen molar-refractivity contribution in [2.24, 2.45) is 7.05 Å². The maximum absolute atomic E-state index is 13.4. The van der Waals surface area contributed by atoms with E-state index in [2.05, 4.69) is 9.80 Å². The third kappa shape index (κ3) is 4.73. The summed E-state index contributed by atoms with van der Waals surface area (Å²) < 4.78 is 20.6. The number of carbonyl (C=O) groups is 1. The molecule has 3 aromatic rings. The SMILES string of the molecule is Cc1c(/C=C2\SC(=S)N(Cc3ccco3)C2=O)c(N2CCN(c3ccc(F)cc3)CC2)n(C)c(=O)c1C#N. The Bertz CT molecular complexity index is 1530. The van der Waals surface area contributed by atoms with Gasteiger partial charge < -0.3 is 14.2 Å². The van der Waals surface area contributed by atoms with Gasteiger partial charge in [-0.15, -0.1) is 0 Å². The van der Waals surface area contributed by atoms with Gasteiger partial charge in [0.1, 0.15) is 33.3 Å². The van der Waals surface area contributed by atoms with E-state index in [0.29, 0.717) is 58.1 Å². The molecule has 0 bridgehead atoms. The van der Waals surface area contributed by atoms with Gasteiger partial charge in [0.2, 0.25) is 0 Å². The molecule has 2 aliphatic rings. The summed E-state index contributed by atoms with van der Waals surface area (Å²) in [7, 11) is 1.64. The lowest BCUT2D eigenvalue weighted by Gasteiger charge is -2.38. The van der Waals surface area contributed by atoms with Gasteiger partial charge in [-0.05, 0) is 55.0 Å². The number of carbonyl (C=O) groups excluding carboxylic acids is 1. The normalized spacial score (nSPS) is 17.0. The maximum Gasteiger partial charge on any atom is 0.270 e. The van der Waals surface area contributed by atoms with Gasteiger partial charge >= 0.3 is 0 Å². The average molecular weight is 550 g/mol. The van der Waals surface area contributed by atoms with Crippen molar-refractivity contribution >= 4 is 51.8 Å². The molecule has 0 N–H and O–H groups in total. The monoisotopic (exact) mass is 549 g/mol. The van der Waals surface area contributed by atoms with E-state index in [1.54, 1.807) is 50.6 Å². The predicted octanol–water partition coefficient (Wildman–Crippen LogP) is 4.03. The van der Waals surface area contributed by atoms with Gasteiger partial charge in [-0.25, -0.2) is 4.39 Å². The zero-order chi connectivity index (χ0) is 27.0. The molecule has 0 radical (unpaired) electrons. The van der Waals surface area contributed by atoms with Gasteiger partial charge in [-0.2, -0.15) is 5.26 Å². The van der Waals surface area contributed by atoms with Crippen LogP contribution in [0.4, 0.5) is 15.9 Å². The standard InChI is InChI=1S/C27H24FN5O3S2/c1-17-21(14-23-26(35)33(27(37)38-23)16-20-4-3-13-36-20)24(30(2)25(34)22(17)15-29)32-11-9-31(10-12-32)19-7-5-18(28)6-8-19/h3-8,13-14H,9-12,16H2,1-2H3/b23-14-. The van der Waals surface area contributed by atoms with Gasteiger partial charge in [0.15, 0.2) is 0 Å². The minimum absolute atomic E-state index is 0.0403. The van der Waals surface area contributed by atoms with Crippen molar-refractivity contribution in [3.63, 3.8) is 0 Å². The number of thiocarbonyl (C=S) groups is 1. The van der Waals surface area contributed by atoms with Crippen LogP contribution >= 0.6 is 24.0 Å². The number of furan rings is 1. The Morgan fingerprint density at radius 2 is 1.82 bits per heavy atom. The molecule has 2 aliphatic heterocycles. The number of benzene rings is 1. The van der Waals surface area contributed by atoms with E-state index >= 15 is 0 Å². The van der Waals surface area contributed by atoms with E-state index in [1.807, 2.05) is 6.07 Å². The molecular formula is C27H24FN5O3S2. The third-order valence-electron chi connectivity index (χ3n) is 6.78. The molecule has 0 unspecified atom stereocenters. The maximum atomic E-state index is 13.4. The molecule has 0 aliphatic carbocycles. The molecule has 38 heavy (non-hydrogen) atoms. The number of hydrogen-bond acceptors (Lipinski definition) is 8. The van der Waals surface area contributed by atoms with E-state index < -0.39 is 0 Å². The van der Waals surface area contributed by atoms with E-state index in [4.69, 9.17) is 16.6 Å². The average Bonchev–Trinajstić information content (AvgIpc) is 3.52. The van der Waals surface area contributed by atoms with Crippen LogP contribution in [0, 0.1) is 24.1 Å². The van der Waals surface area contributed by atoms with Crippen LogP contribution in [-0.2, 0) is 18.4 Å². The van der Waals surface area contributed by atoms with Crippen molar-refractivity contribution < 1.29 is 13.6 Å². The fourth-order valence-electron chi connectivity index (χ4n) is 4.75. The molecule has 5 rings (SSSR count). The van der Waals surface area contributed by atoms with Crippen LogP contribution in [0.3, 0.4) is 0 Å². The van der Waals surface area contributed by atoms with E-state index in [1.165, 1.54) is 33.4 Å². The Balaban J connectivity index is 1.49. The smallest absolute Gasteiger partial charge is 0.270 e. The van der Waals surface area contributed by atoms with Crippen LogP contribution in [-0.4, -0.2) is 45.9 Å². The summed E-state index contributed by atoms with van der Waals surface area (Å²) in [5, 5.41) is 9.73. The summed E-state index contributed by atoms with van der Waals surface area (Å²) >= 11 is 6.66. The van der Waals surface area contributed by atoms with Crippen molar-refractivity contribution in [2.45, 2.75) is 13.5 Å². The lowest BCUT2D eigenvalue weighted by molar-refractivity contribution is -0.122. The van der Waals surface area contributed by atoms with E-state index in [0.717, 1.165) is 5.69 Å². The quantitative estimate of drug-likeness (QED) is 0.349. The number of thioether (sulfide) groups is 1. The minimum atomic E-state index is -0.386. The number of amides is 1. The van der Waals surface area contributed by atoms with Gasteiger partial charge in [0.05, 0.1) is 17.7 Å². The molecule has 11 heteroatoms. The number of hydrogen-bond donors (Lipinski definition) is 0. The largest absolute Gasteiger partial charge is 0.467 e. The molecular weight excluding hydrogens is 525 g/mol.